The lowest BCUT2D eigenvalue weighted by atomic mass is 9.82. The lowest BCUT2D eigenvalue weighted by molar-refractivity contribution is 0.0708. The van der Waals surface area contributed by atoms with E-state index in [4.69, 9.17) is 0 Å². The maximum absolute atomic E-state index is 13.6. The molecule has 2 aliphatic carbocycles. The molecule has 1 aromatic carbocycles. The number of hydrogen-bond acceptors (Lipinski definition) is 1. The molecular formula is C14H16F2O. The summed E-state index contributed by atoms with van der Waals surface area (Å²) >= 11 is 0. The summed E-state index contributed by atoms with van der Waals surface area (Å²) in [6, 6.07) is 4.05. The minimum absolute atomic E-state index is 0.116. The normalized spacial score (nSPS) is 33.0. The van der Waals surface area contributed by atoms with E-state index in [1.54, 1.807) is 0 Å². The van der Waals surface area contributed by atoms with Crippen molar-refractivity contribution in [1.29, 1.82) is 0 Å². The zero-order valence-electron chi connectivity index (χ0n) is 9.57. The SMILES string of the molecule is OC(c1cccc(F)c1F)C1CC2CCC1C2. The third-order valence-corrected chi connectivity index (χ3v) is 4.50. The monoisotopic (exact) mass is 238 g/mol. The second-order valence-corrected chi connectivity index (χ2v) is 5.43. The molecule has 0 spiro atoms. The van der Waals surface area contributed by atoms with Crippen molar-refractivity contribution >= 4 is 0 Å². The minimum Gasteiger partial charge on any atom is -0.388 e. The van der Waals surface area contributed by atoms with Gasteiger partial charge in [0.05, 0.1) is 6.10 Å². The first-order valence-corrected chi connectivity index (χ1v) is 6.29. The smallest absolute Gasteiger partial charge is 0.164 e. The molecule has 0 heterocycles. The van der Waals surface area contributed by atoms with E-state index >= 15 is 0 Å². The molecule has 0 aromatic heterocycles. The van der Waals surface area contributed by atoms with E-state index in [9.17, 15) is 13.9 Å². The lowest BCUT2D eigenvalue weighted by Gasteiger charge is -2.27. The molecule has 0 saturated heterocycles. The van der Waals surface area contributed by atoms with Gasteiger partial charge in [0.15, 0.2) is 11.6 Å². The summed E-state index contributed by atoms with van der Waals surface area (Å²) in [6.45, 7) is 0. The molecule has 2 saturated carbocycles. The van der Waals surface area contributed by atoms with Crippen molar-refractivity contribution in [2.24, 2.45) is 17.8 Å². The summed E-state index contributed by atoms with van der Waals surface area (Å²) < 4.78 is 26.7. The summed E-state index contributed by atoms with van der Waals surface area (Å²) in [6.07, 6.45) is 3.63. The van der Waals surface area contributed by atoms with Gasteiger partial charge in [-0.05, 0) is 43.1 Å². The van der Waals surface area contributed by atoms with Crippen LogP contribution in [0.5, 0.6) is 0 Å². The molecule has 0 amide bonds. The largest absolute Gasteiger partial charge is 0.388 e. The standard InChI is InChI=1S/C14H16F2O/c15-12-3-1-2-10(13(12)16)14(17)11-7-8-4-5-9(11)6-8/h1-3,8-9,11,14,17H,4-7H2. The Morgan fingerprint density at radius 3 is 2.65 bits per heavy atom. The Hall–Kier alpha value is -0.960. The molecule has 4 unspecified atom stereocenters. The van der Waals surface area contributed by atoms with Crippen molar-refractivity contribution < 1.29 is 13.9 Å². The molecule has 2 bridgehead atoms. The lowest BCUT2D eigenvalue weighted by Crippen LogP contribution is -2.20. The highest BCUT2D eigenvalue weighted by Crippen LogP contribution is 2.52. The van der Waals surface area contributed by atoms with Crippen molar-refractivity contribution in [2.75, 3.05) is 0 Å². The molecule has 2 aliphatic rings. The Bertz CT molecular complexity index is 432. The topological polar surface area (TPSA) is 20.2 Å². The van der Waals surface area contributed by atoms with Crippen LogP contribution in [0.4, 0.5) is 8.78 Å². The predicted molar refractivity (Wildman–Crippen MR) is 60.3 cm³/mol. The van der Waals surface area contributed by atoms with Crippen LogP contribution in [0.2, 0.25) is 0 Å². The van der Waals surface area contributed by atoms with Crippen LogP contribution in [0.25, 0.3) is 0 Å². The van der Waals surface area contributed by atoms with Crippen LogP contribution in [0.1, 0.15) is 37.4 Å². The number of aliphatic hydroxyl groups excluding tert-OH is 1. The first-order valence-electron chi connectivity index (χ1n) is 6.29. The van der Waals surface area contributed by atoms with Gasteiger partial charge in [-0.2, -0.15) is 0 Å². The van der Waals surface area contributed by atoms with Gasteiger partial charge >= 0.3 is 0 Å². The first kappa shape index (κ1) is 11.1. The van der Waals surface area contributed by atoms with Crippen molar-refractivity contribution in [2.45, 2.75) is 31.8 Å². The molecule has 2 fully saturated rings. The third-order valence-electron chi connectivity index (χ3n) is 4.50. The molecular weight excluding hydrogens is 222 g/mol. The van der Waals surface area contributed by atoms with E-state index in [1.165, 1.54) is 18.6 Å². The number of fused-ring (bicyclic) bond motifs is 2. The van der Waals surface area contributed by atoms with Gasteiger partial charge in [0.25, 0.3) is 0 Å². The van der Waals surface area contributed by atoms with E-state index in [1.807, 2.05) is 0 Å². The van der Waals surface area contributed by atoms with Crippen LogP contribution < -0.4 is 0 Å². The number of aliphatic hydroxyl groups is 1. The van der Waals surface area contributed by atoms with Crippen molar-refractivity contribution in [3.63, 3.8) is 0 Å². The predicted octanol–water partition coefficient (Wildman–Crippen LogP) is 3.43. The Balaban J connectivity index is 1.86. The molecule has 3 rings (SSSR count). The van der Waals surface area contributed by atoms with E-state index in [-0.39, 0.29) is 11.5 Å². The molecule has 1 nitrogen and oxygen atoms in total. The van der Waals surface area contributed by atoms with E-state index in [2.05, 4.69) is 0 Å². The quantitative estimate of drug-likeness (QED) is 0.836. The first-order chi connectivity index (χ1) is 8.16. The maximum Gasteiger partial charge on any atom is 0.164 e. The van der Waals surface area contributed by atoms with Crippen LogP contribution >= 0.6 is 0 Å². The number of hydrogen-bond donors (Lipinski definition) is 1. The summed E-state index contributed by atoms with van der Waals surface area (Å²) in [5.41, 5.74) is 0.127. The summed E-state index contributed by atoms with van der Waals surface area (Å²) in [4.78, 5) is 0. The Kier molecular flexibility index (Phi) is 2.66. The van der Waals surface area contributed by atoms with Crippen LogP contribution in [0.3, 0.4) is 0 Å². The highest BCUT2D eigenvalue weighted by Gasteiger charge is 2.43. The molecule has 0 aliphatic heterocycles. The van der Waals surface area contributed by atoms with Crippen molar-refractivity contribution in [1.82, 2.24) is 0 Å². The van der Waals surface area contributed by atoms with Gasteiger partial charge in [0.1, 0.15) is 0 Å². The van der Waals surface area contributed by atoms with E-state index < -0.39 is 17.7 Å². The van der Waals surface area contributed by atoms with Gasteiger partial charge < -0.3 is 5.11 Å². The van der Waals surface area contributed by atoms with Gasteiger partial charge in [-0.3, -0.25) is 0 Å². The van der Waals surface area contributed by atoms with Gasteiger partial charge in [-0.1, -0.05) is 18.6 Å². The Morgan fingerprint density at radius 1 is 1.18 bits per heavy atom. The molecule has 3 heteroatoms. The van der Waals surface area contributed by atoms with Crippen LogP contribution in [0.15, 0.2) is 18.2 Å². The maximum atomic E-state index is 13.6. The third kappa shape index (κ3) is 1.77. The van der Waals surface area contributed by atoms with Crippen LogP contribution in [-0.4, -0.2) is 5.11 Å². The Labute approximate surface area is 99.5 Å². The highest BCUT2D eigenvalue weighted by atomic mass is 19.2. The van der Waals surface area contributed by atoms with Gasteiger partial charge in [-0.15, -0.1) is 0 Å². The van der Waals surface area contributed by atoms with E-state index in [0.717, 1.165) is 25.3 Å². The molecule has 0 radical (unpaired) electrons. The van der Waals surface area contributed by atoms with Crippen LogP contribution in [-0.2, 0) is 0 Å². The van der Waals surface area contributed by atoms with Gasteiger partial charge in [0, 0.05) is 5.56 Å². The second kappa shape index (κ2) is 4.05. The molecule has 4 atom stereocenters. The fraction of sp³-hybridized carbons (Fsp3) is 0.571. The summed E-state index contributed by atoms with van der Waals surface area (Å²) in [7, 11) is 0. The zero-order chi connectivity index (χ0) is 12.0. The summed E-state index contributed by atoms with van der Waals surface area (Å²) in [5.74, 6) is -0.452. The highest BCUT2D eigenvalue weighted by molar-refractivity contribution is 5.22. The number of rotatable bonds is 2. The van der Waals surface area contributed by atoms with Crippen LogP contribution in [0, 0.1) is 29.4 Å². The molecule has 1 aromatic rings. The van der Waals surface area contributed by atoms with Gasteiger partial charge in [-0.25, -0.2) is 8.78 Å². The van der Waals surface area contributed by atoms with Crippen molar-refractivity contribution in [3.05, 3.63) is 35.4 Å². The number of halogens is 2. The average molecular weight is 238 g/mol. The summed E-state index contributed by atoms with van der Waals surface area (Å²) in [5, 5.41) is 10.2. The molecule has 92 valence electrons. The van der Waals surface area contributed by atoms with Gasteiger partial charge in [0.2, 0.25) is 0 Å². The average Bonchev–Trinajstić information content (AvgIpc) is 2.94. The van der Waals surface area contributed by atoms with E-state index in [0.29, 0.717) is 11.8 Å². The zero-order valence-corrected chi connectivity index (χ0v) is 9.57. The number of benzene rings is 1. The fourth-order valence-electron chi connectivity index (χ4n) is 3.66. The Morgan fingerprint density at radius 2 is 2.00 bits per heavy atom. The second-order valence-electron chi connectivity index (χ2n) is 5.43. The fourth-order valence-corrected chi connectivity index (χ4v) is 3.66. The molecule has 17 heavy (non-hydrogen) atoms. The minimum atomic E-state index is -0.886. The van der Waals surface area contributed by atoms with Crippen molar-refractivity contribution in [3.8, 4) is 0 Å². The molecule has 1 N–H and O–H groups in total.